The average molecular weight is 2160 g/mol. The van der Waals surface area contributed by atoms with Crippen LogP contribution in [-0.4, -0.2) is 358 Å². The number of phenolic OH excluding ortho intramolecular Hbond substituents is 2. The molecule has 0 spiro atoms. The molecule has 4 aliphatic rings. The predicted octanol–water partition coefficient (Wildman–Crippen LogP) is 13.7. The fraction of sp³-hybridized carbons (Fsp3) is 0.477. The van der Waals surface area contributed by atoms with E-state index in [1.807, 2.05) is 113 Å². The molecule has 0 bridgehead atoms. The number of hydrogen-bond donors (Lipinski definition) is 5. The fourth-order valence-corrected chi connectivity index (χ4v) is 18.7. The Kier molecular flexibility index (Phi) is 46.9. The van der Waals surface area contributed by atoms with Crippen molar-refractivity contribution >= 4 is 46.4 Å². The van der Waals surface area contributed by atoms with Crippen molar-refractivity contribution in [1.82, 2.24) is 98.3 Å². The molecule has 39 nitrogen and oxygen atoms in total. The standard InChI is InChI=1S/C28H39N5O6S.C28H39N5O4S.C27H37N5O5.C23H29N5O3.CH4O.2ClH/c1-20(2)23-15-24(26(39-19-37-5)16-25(23)38-18-36-4)27-29-30-28(40(6,34)35)33(27)22-9-7-21(8-10-22)17-32-13-11-31(3)12-14-32;1-20(2)23-15-24(26(37-19-35-5)16-25(23)36-18-34-4)27-29-30-28(38-6)33(27)22-9-7-21(8-10-22)17-32-13-11-31(3)12-14-32;1-19(2)22-14-23(25(37-18-35-5)15-24(22)36-17-34-4)26-28-29-27(33)32(26)21-8-6-20(7-9-21)16-31-12-10-30(3)11-13-31;1-15(2)18-12-19(21(30)13-20(18)29)22-24-25-23(31)28(22)17-6-4-16(5-7-17)14-27-10-8-26(3)9-11-27;1-2;;/h7-10,15-16,20H,11-14,17-19H2,1-6H3;7-10,15-16,20H,11-14,17-19H2,1-6H3;6-9,14-15,19H,10-13,16-18H2,1-5H3,(H,29,33);4-7,12-13,15,29-30H,8-11,14H2,1-3H3,(H,25,31);2H,1H3;2*1H. The maximum absolute atomic E-state index is 12.9. The van der Waals surface area contributed by atoms with Crippen molar-refractivity contribution in [3.63, 3.8) is 0 Å². The van der Waals surface area contributed by atoms with Crippen molar-refractivity contribution in [3.05, 3.63) is 211 Å². The Morgan fingerprint density at radius 3 is 0.880 bits per heavy atom. The highest BCUT2D eigenvalue weighted by Gasteiger charge is 2.32. The highest BCUT2D eigenvalue weighted by molar-refractivity contribution is 7.98. The number of nitrogens with one attached hydrogen (secondary N) is 2. The number of H-pyrrole nitrogens is 2. The monoisotopic (exact) mass is 2150 g/mol. The molecule has 4 aliphatic heterocycles. The van der Waals surface area contributed by atoms with Gasteiger partial charge in [-0.25, -0.2) is 37.3 Å². The molecule has 0 saturated carbocycles. The molecule has 4 saturated heterocycles. The molecule has 16 rings (SSSR count). The van der Waals surface area contributed by atoms with Crippen molar-refractivity contribution in [2.45, 2.75) is 116 Å². The number of methoxy groups -OCH3 is 6. The quantitative estimate of drug-likeness (QED) is 0.0176. The van der Waals surface area contributed by atoms with Gasteiger partial charge < -0.3 is 91.8 Å². The summed E-state index contributed by atoms with van der Waals surface area (Å²) in [6, 6.07) is 46.8. The molecule has 12 aromatic rings. The Morgan fingerprint density at radius 1 is 0.333 bits per heavy atom. The molecular formula is C107H150Cl2N20O19S2. The van der Waals surface area contributed by atoms with Crippen LogP contribution in [0.4, 0.5) is 0 Å². The Hall–Kier alpha value is -11.4. The van der Waals surface area contributed by atoms with Crippen LogP contribution in [-0.2, 0) is 64.4 Å². The Labute approximate surface area is 896 Å². The maximum Gasteiger partial charge on any atom is 0.348 e. The number of likely N-dealkylation sites (N-methyl/N-ethyl adjacent to an activating group) is 4. The zero-order valence-corrected chi connectivity index (χ0v) is 93.4. The van der Waals surface area contributed by atoms with Gasteiger partial charge in [0, 0.05) is 223 Å². The molecule has 150 heavy (non-hydrogen) atoms. The van der Waals surface area contributed by atoms with E-state index in [0.717, 1.165) is 189 Å². The van der Waals surface area contributed by atoms with Crippen molar-refractivity contribution in [3.8, 4) is 114 Å². The van der Waals surface area contributed by atoms with E-state index in [9.17, 15) is 28.2 Å². The summed E-state index contributed by atoms with van der Waals surface area (Å²) in [6.45, 7) is 37.4. The molecule has 4 aromatic heterocycles. The van der Waals surface area contributed by atoms with Crippen LogP contribution >= 0.6 is 36.6 Å². The zero-order valence-electron chi connectivity index (χ0n) is 90.1. The Bertz CT molecular complexity index is 6440. The molecule has 8 aromatic carbocycles. The number of halogens is 2. The van der Waals surface area contributed by atoms with Crippen LogP contribution in [0.2, 0.25) is 0 Å². The van der Waals surface area contributed by atoms with Crippen molar-refractivity contribution < 1.29 is 80.6 Å². The second kappa shape index (κ2) is 58.4. The van der Waals surface area contributed by atoms with Gasteiger partial charge in [0.15, 0.2) is 69.2 Å². The van der Waals surface area contributed by atoms with Gasteiger partial charge in [0.05, 0.1) is 33.6 Å². The number of aromatic amines is 2. The number of aliphatic hydroxyl groups is 1. The predicted molar refractivity (Wildman–Crippen MR) is 586 cm³/mol. The van der Waals surface area contributed by atoms with Crippen LogP contribution < -0.4 is 39.8 Å². The summed E-state index contributed by atoms with van der Waals surface area (Å²) in [5.41, 5.74) is 13.1. The number of aliphatic hydroxyl groups excluding tert-OH is 1. The van der Waals surface area contributed by atoms with Crippen molar-refractivity contribution in [2.75, 3.05) is 236 Å². The molecule has 0 atom stereocenters. The number of rotatable bonds is 40. The molecule has 4 fully saturated rings. The molecular weight excluding hydrogens is 2000 g/mol. The Balaban J connectivity index is 0.000000203. The Morgan fingerprint density at radius 2 is 0.593 bits per heavy atom. The van der Waals surface area contributed by atoms with E-state index in [0.29, 0.717) is 91.4 Å². The van der Waals surface area contributed by atoms with Gasteiger partial charge in [-0.3, -0.25) is 28.7 Å². The highest BCUT2D eigenvalue weighted by Crippen LogP contribution is 2.45. The minimum atomic E-state index is -3.71. The first-order valence-corrected chi connectivity index (χ1v) is 52.7. The minimum absolute atomic E-state index is 0. The third kappa shape index (κ3) is 31.9. The molecule has 818 valence electrons. The molecule has 8 heterocycles. The lowest BCUT2D eigenvalue weighted by atomic mass is 9.98. The number of thioether (sulfide) groups is 1. The SMILES string of the molecule is CC(C)c1cc(-c2n[nH]c(=O)n2-c2ccc(CN3CCN(C)CC3)cc2)c(O)cc1O.CO.COCOc1cc(OCOC)c(C(C)C)cc1-c1n[nH]c(=O)n1-c1ccc(CN2CCN(C)CC2)cc1.COCOc1cc(OCOC)c(C(C)C)cc1-c1nnc(S(C)(=O)=O)n1-c1ccc(CN2CCN(C)CC2)cc1.COCOc1cc(OCOC)c(C(C)C)cc1-c1nnc(SC)n1-c1ccc(CN2CCN(C)CC2)cc1.Cl.Cl. The summed E-state index contributed by atoms with van der Waals surface area (Å²) in [4.78, 5) is 44.6. The van der Waals surface area contributed by atoms with Crippen LogP contribution in [0.25, 0.3) is 68.3 Å². The van der Waals surface area contributed by atoms with Crippen LogP contribution in [0.5, 0.6) is 46.0 Å². The normalized spacial score (nSPS) is 14.7. The smallest absolute Gasteiger partial charge is 0.348 e. The number of benzene rings is 8. The minimum Gasteiger partial charge on any atom is -0.508 e. The molecule has 0 aliphatic carbocycles. The van der Waals surface area contributed by atoms with Gasteiger partial charge in [0.1, 0.15) is 46.0 Å². The first kappa shape index (κ1) is 120. The van der Waals surface area contributed by atoms with Gasteiger partial charge in [-0.15, -0.1) is 45.2 Å². The van der Waals surface area contributed by atoms with Gasteiger partial charge in [-0.05, 0) is 175 Å². The zero-order chi connectivity index (χ0) is 106. The fourth-order valence-electron chi connectivity index (χ4n) is 17.5. The third-order valence-electron chi connectivity index (χ3n) is 25.8. The van der Waals surface area contributed by atoms with Gasteiger partial charge in [-0.2, -0.15) is 10.2 Å². The van der Waals surface area contributed by atoms with Crippen LogP contribution in [0.3, 0.4) is 0 Å². The number of phenols is 2. The van der Waals surface area contributed by atoms with Crippen molar-refractivity contribution in [1.29, 1.82) is 0 Å². The first-order chi connectivity index (χ1) is 71.3. The number of aromatic hydroxyl groups is 2. The highest BCUT2D eigenvalue weighted by atomic mass is 35.5. The van der Waals surface area contributed by atoms with Gasteiger partial charge in [0.25, 0.3) is 5.16 Å². The molecule has 43 heteroatoms. The summed E-state index contributed by atoms with van der Waals surface area (Å²) in [5, 5.41) is 59.4. The van der Waals surface area contributed by atoms with Crippen LogP contribution in [0.1, 0.15) is 124 Å². The lowest BCUT2D eigenvalue weighted by molar-refractivity contribution is 0.0454. The maximum atomic E-state index is 12.9. The van der Waals surface area contributed by atoms with Crippen LogP contribution in [0, 0.1) is 0 Å². The number of hydrogen-bond acceptors (Lipinski definition) is 34. The average Bonchev–Trinajstić information content (AvgIpc) is 1.60. The number of nitrogens with zero attached hydrogens (tertiary/aromatic N) is 18. The second-order valence-corrected chi connectivity index (χ2v) is 40.8. The lowest BCUT2D eigenvalue weighted by Gasteiger charge is -2.32. The number of piperazine rings is 4. The van der Waals surface area contributed by atoms with E-state index < -0.39 is 9.84 Å². The van der Waals surface area contributed by atoms with E-state index in [1.165, 1.54) is 34.4 Å². The van der Waals surface area contributed by atoms with E-state index in [2.05, 4.69) is 183 Å². The van der Waals surface area contributed by atoms with Gasteiger partial charge in [0.2, 0.25) is 9.84 Å². The van der Waals surface area contributed by atoms with E-state index in [1.54, 1.807) is 74.6 Å². The van der Waals surface area contributed by atoms with E-state index in [-0.39, 0.29) is 117 Å². The molecule has 0 radical (unpaired) electrons. The summed E-state index contributed by atoms with van der Waals surface area (Å²) >= 11 is 1.56. The van der Waals surface area contributed by atoms with Crippen molar-refractivity contribution in [2.24, 2.45) is 0 Å². The summed E-state index contributed by atoms with van der Waals surface area (Å²) in [5.74, 6) is 5.62. The number of aromatic nitrogens is 12. The largest absolute Gasteiger partial charge is 0.508 e. The van der Waals surface area contributed by atoms with E-state index in [4.69, 9.17) is 61.9 Å². The lowest BCUT2D eigenvalue weighted by Crippen LogP contribution is -2.43. The number of ether oxygens (including phenoxy) is 12. The summed E-state index contributed by atoms with van der Waals surface area (Å²) in [6.07, 6.45) is 3.14. The summed E-state index contributed by atoms with van der Waals surface area (Å²) in [7, 11) is 15.3. The molecule has 0 amide bonds. The van der Waals surface area contributed by atoms with Crippen LogP contribution in [0.15, 0.2) is 165 Å². The van der Waals surface area contributed by atoms with Gasteiger partial charge in [-0.1, -0.05) is 116 Å². The molecule has 0 unspecified atom stereocenters. The topological polar surface area (TPSA) is 394 Å². The number of sulfone groups is 1. The van der Waals surface area contributed by atoms with E-state index >= 15 is 0 Å². The summed E-state index contributed by atoms with van der Waals surface area (Å²) < 4.78 is 98.5. The second-order valence-electron chi connectivity index (χ2n) is 38.1. The first-order valence-electron chi connectivity index (χ1n) is 49.6. The van der Waals surface area contributed by atoms with Gasteiger partial charge >= 0.3 is 11.4 Å². The molecule has 5 N–H and O–H groups in total. The third-order valence-corrected chi connectivity index (χ3v) is 27.4.